The first-order valence-corrected chi connectivity index (χ1v) is 4.04. The van der Waals surface area contributed by atoms with Crippen LogP contribution < -0.4 is 11.1 Å². The minimum atomic E-state index is 0.487. The molecule has 1 aliphatic rings. The average Bonchev–Trinajstić information content (AvgIpc) is 2.55. The zero-order valence-electron chi connectivity index (χ0n) is 6.43. The van der Waals surface area contributed by atoms with Gasteiger partial charge in [0.05, 0.1) is 0 Å². The van der Waals surface area contributed by atoms with E-state index in [1.54, 1.807) is 0 Å². The number of aromatic nitrogens is 1. The Morgan fingerprint density at radius 2 is 2.45 bits per heavy atom. The van der Waals surface area contributed by atoms with Gasteiger partial charge in [0.1, 0.15) is 5.82 Å². The van der Waals surface area contributed by atoms with Crippen molar-refractivity contribution in [2.45, 2.75) is 18.9 Å². The molecule has 0 radical (unpaired) electrons. The molecule has 3 nitrogen and oxygen atoms in total. The van der Waals surface area contributed by atoms with Crippen LogP contribution in [0.3, 0.4) is 0 Å². The van der Waals surface area contributed by atoms with Crippen LogP contribution in [0.25, 0.3) is 0 Å². The Hall–Kier alpha value is -0.960. The molecule has 60 valence electrons. The molecule has 1 fully saturated rings. The van der Waals surface area contributed by atoms with E-state index in [1.807, 2.05) is 6.20 Å². The Morgan fingerprint density at radius 3 is 3.00 bits per heavy atom. The van der Waals surface area contributed by atoms with Gasteiger partial charge in [0.2, 0.25) is 0 Å². The van der Waals surface area contributed by atoms with Gasteiger partial charge in [-0.25, -0.2) is 0 Å². The molecule has 1 saturated heterocycles. The fourth-order valence-electron chi connectivity index (χ4n) is 1.65. The second kappa shape index (κ2) is 2.58. The Balaban J connectivity index is 2.21. The fraction of sp³-hybridized carbons (Fsp3) is 0.500. The van der Waals surface area contributed by atoms with Crippen LogP contribution in [0, 0.1) is 0 Å². The summed E-state index contributed by atoms with van der Waals surface area (Å²) in [6.07, 6.45) is 4.36. The first-order chi connectivity index (χ1) is 5.38. The second-order valence-corrected chi connectivity index (χ2v) is 3.00. The van der Waals surface area contributed by atoms with Crippen LogP contribution in [0.15, 0.2) is 12.3 Å². The van der Waals surface area contributed by atoms with Gasteiger partial charge in [-0.05, 0) is 25.5 Å². The fourth-order valence-corrected chi connectivity index (χ4v) is 1.65. The molecule has 0 aliphatic carbocycles. The third kappa shape index (κ3) is 1.12. The minimum Gasteiger partial charge on any atom is -0.385 e. The van der Waals surface area contributed by atoms with Gasteiger partial charge in [0.25, 0.3) is 0 Å². The van der Waals surface area contributed by atoms with Crippen LogP contribution in [-0.2, 0) is 0 Å². The van der Waals surface area contributed by atoms with Crippen LogP contribution in [0.2, 0.25) is 0 Å². The van der Waals surface area contributed by atoms with E-state index in [0.717, 1.165) is 12.4 Å². The SMILES string of the molecule is Nc1[nH]ccc1[C@H]1CCCN1. The van der Waals surface area contributed by atoms with Gasteiger partial charge < -0.3 is 16.0 Å². The summed E-state index contributed by atoms with van der Waals surface area (Å²) in [5.41, 5.74) is 6.95. The summed E-state index contributed by atoms with van der Waals surface area (Å²) in [6.45, 7) is 1.12. The summed E-state index contributed by atoms with van der Waals surface area (Å²) in [5.74, 6) is 0.810. The predicted octanol–water partition coefficient (Wildman–Crippen LogP) is 1.02. The Labute approximate surface area is 66.0 Å². The standard InChI is InChI=1S/C8H13N3/c9-8-6(3-5-11-8)7-2-1-4-10-7/h3,5,7,10-11H,1-2,4,9H2/t7-/m1/s1. The summed E-state index contributed by atoms with van der Waals surface area (Å²) in [5, 5.41) is 3.40. The van der Waals surface area contributed by atoms with Crippen molar-refractivity contribution in [3.8, 4) is 0 Å². The van der Waals surface area contributed by atoms with Gasteiger partial charge in [-0.3, -0.25) is 0 Å². The average molecular weight is 151 g/mol. The van der Waals surface area contributed by atoms with E-state index in [9.17, 15) is 0 Å². The highest BCUT2D eigenvalue weighted by molar-refractivity contribution is 5.42. The highest BCUT2D eigenvalue weighted by atomic mass is 15.0. The van der Waals surface area contributed by atoms with Gasteiger partial charge in [-0.1, -0.05) is 0 Å². The number of nitrogens with two attached hydrogens (primary N) is 1. The normalized spacial score (nSPS) is 24.2. The number of nitrogens with one attached hydrogen (secondary N) is 2. The number of hydrogen-bond acceptors (Lipinski definition) is 2. The smallest absolute Gasteiger partial charge is 0.105 e. The zero-order chi connectivity index (χ0) is 7.68. The van der Waals surface area contributed by atoms with Crippen molar-refractivity contribution in [3.63, 3.8) is 0 Å². The van der Waals surface area contributed by atoms with Crippen LogP contribution in [0.4, 0.5) is 5.82 Å². The quantitative estimate of drug-likeness (QED) is 0.561. The van der Waals surface area contributed by atoms with Gasteiger partial charge in [0, 0.05) is 17.8 Å². The van der Waals surface area contributed by atoms with Crippen molar-refractivity contribution in [2.24, 2.45) is 0 Å². The molecule has 0 aromatic carbocycles. The van der Waals surface area contributed by atoms with E-state index in [4.69, 9.17) is 5.73 Å². The van der Waals surface area contributed by atoms with E-state index in [1.165, 1.54) is 18.4 Å². The third-order valence-electron chi connectivity index (χ3n) is 2.25. The lowest BCUT2D eigenvalue weighted by molar-refractivity contribution is 0.651. The van der Waals surface area contributed by atoms with E-state index in [0.29, 0.717) is 6.04 Å². The molecule has 11 heavy (non-hydrogen) atoms. The van der Waals surface area contributed by atoms with Crippen LogP contribution in [0.5, 0.6) is 0 Å². The lowest BCUT2D eigenvalue weighted by Gasteiger charge is -2.08. The molecule has 1 aromatic heterocycles. The van der Waals surface area contributed by atoms with E-state index in [2.05, 4.69) is 16.4 Å². The first kappa shape index (κ1) is 6.73. The first-order valence-electron chi connectivity index (χ1n) is 4.04. The van der Waals surface area contributed by atoms with Crippen LogP contribution >= 0.6 is 0 Å². The molecule has 0 saturated carbocycles. The number of rotatable bonds is 1. The molecule has 2 heterocycles. The Morgan fingerprint density at radius 1 is 1.55 bits per heavy atom. The zero-order valence-corrected chi connectivity index (χ0v) is 6.43. The van der Waals surface area contributed by atoms with Crippen molar-refractivity contribution in [2.75, 3.05) is 12.3 Å². The van der Waals surface area contributed by atoms with Crippen LogP contribution in [-0.4, -0.2) is 11.5 Å². The number of aromatic amines is 1. The molecule has 2 rings (SSSR count). The maximum absolute atomic E-state index is 5.72. The Kier molecular flexibility index (Phi) is 1.58. The maximum Gasteiger partial charge on any atom is 0.105 e. The van der Waals surface area contributed by atoms with Gasteiger partial charge >= 0.3 is 0 Å². The number of anilines is 1. The largest absolute Gasteiger partial charge is 0.385 e. The van der Waals surface area contributed by atoms with Crippen LogP contribution in [0.1, 0.15) is 24.4 Å². The highest BCUT2D eigenvalue weighted by Gasteiger charge is 2.18. The summed E-state index contributed by atoms with van der Waals surface area (Å²) >= 11 is 0. The highest BCUT2D eigenvalue weighted by Crippen LogP contribution is 2.26. The molecular formula is C8H13N3. The molecule has 0 bridgehead atoms. The molecule has 1 aromatic rings. The summed E-state index contributed by atoms with van der Waals surface area (Å²) in [6, 6.07) is 2.54. The summed E-state index contributed by atoms with van der Waals surface area (Å²) in [7, 11) is 0. The van der Waals surface area contributed by atoms with Crippen molar-refractivity contribution < 1.29 is 0 Å². The second-order valence-electron chi connectivity index (χ2n) is 3.00. The van der Waals surface area contributed by atoms with Gasteiger partial charge in [-0.15, -0.1) is 0 Å². The molecule has 0 unspecified atom stereocenters. The van der Waals surface area contributed by atoms with Crippen molar-refractivity contribution in [3.05, 3.63) is 17.8 Å². The van der Waals surface area contributed by atoms with E-state index >= 15 is 0 Å². The van der Waals surface area contributed by atoms with E-state index < -0.39 is 0 Å². The molecule has 0 spiro atoms. The molecule has 1 aliphatic heterocycles. The lowest BCUT2D eigenvalue weighted by atomic mass is 10.1. The topological polar surface area (TPSA) is 53.8 Å². The van der Waals surface area contributed by atoms with Gasteiger partial charge in [0.15, 0.2) is 0 Å². The molecule has 4 N–H and O–H groups in total. The molecule has 0 amide bonds. The third-order valence-corrected chi connectivity index (χ3v) is 2.25. The maximum atomic E-state index is 5.72. The van der Waals surface area contributed by atoms with Crippen molar-refractivity contribution in [1.29, 1.82) is 0 Å². The predicted molar refractivity (Wildman–Crippen MR) is 45.2 cm³/mol. The number of H-pyrrole nitrogens is 1. The number of hydrogen-bond donors (Lipinski definition) is 3. The summed E-state index contributed by atoms with van der Waals surface area (Å²) < 4.78 is 0. The number of nitrogen functional groups attached to an aromatic ring is 1. The van der Waals surface area contributed by atoms with E-state index in [-0.39, 0.29) is 0 Å². The monoisotopic (exact) mass is 151 g/mol. The Bertz CT molecular complexity index is 235. The minimum absolute atomic E-state index is 0.487. The summed E-state index contributed by atoms with van der Waals surface area (Å²) in [4.78, 5) is 2.98. The van der Waals surface area contributed by atoms with Crippen molar-refractivity contribution in [1.82, 2.24) is 10.3 Å². The molecular weight excluding hydrogens is 138 g/mol. The van der Waals surface area contributed by atoms with Crippen molar-refractivity contribution >= 4 is 5.82 Å². The van der Waals surface area contributed by atoms with Gasteiger partial charge in [-0.2, -0.15) is 0 Å². The molecule has 1 atom stereocenters. The molecule has 3 heteroatoms. The lowest BCUT2D eigenvalue weighted by Crippen LogP contribution is -2.13.